The zero-order valence-corrected chi connectivity index (χ0v) is 13.2. The number of piperazine rings is 1. The highest BCUT2D eigenvalue weighted by atomic mass is 19.4. The number of carbonyl (C=O) groups excluding carboxylic acids is 2. The predicted octanol–water partition coefficient (Wildman–Crippen LogP) is 1.28. The van der Waals surface area contributed by atoms with Gasteiger partial charge in [0.15, 0.2) is 0 Å². The fraction of sp³-hybridized carbons (Fsp3) is 0.867. The number of halogens is 3. The van der Waals surface area contributed by atoms with Gasteiger partial charge in [0, 0.05) is 25.7 Å². The molecule has 2 saturated heterocycles. The molecule has 0 bridgehead atoms. The summed E-state index contributed by atoms with van der Waals surface area (Å²) in [6.07, 6.45) is -1.09. The van der Waals surface area contributed by atoms with E-state index in [-0.39, 0.29) is 31.6 Å². The van der Waals surface area contributed by atoms with Gasteiger partial charge in [-0.25, -0.2) is 0 Å². The summed E-state index contributed by atoms with van der Waals surface area (Å²) in [7, 11) is 0. The van der Waals surface area contributed by atoms with E-state index in [4.69, 9.17) is 0 Å². The van der Waals surface area contributed by atoms with E-state index in [9.17, 15) is 22.8 Å². The number of hydrogen-bond donors (Lipinski definition) is 1. The van der Waals surface area contributed by atoms with Crippen molar-refractivity contribution in [2.24, 2.45) is 0 Å². The second-order valence-corrected chi connectivity index (χ2v) is 6.84. The molecule has 8 heteroatoms. The molecule has 23 heavy (non-hydrogen) atoms. The van der Waals surface area contributed by atoms with Gasteiger partial charge in [0.25, 0.3) is 0 Å². The summed E-state index contributed by atoms with van der Waals surface area (Å²) in [6.45, 7) is 2.43. The molecule has 2 atom stereocenters. The molecule has 130 valence electrons. The lowest BCUT2D eigenvalue weighted by Gasteiger charge is -2.43. The summed E-state index contributed by atoms with van der Waals surface area (Å²) >= 11 is 0. The molecule has 1 N–H and O–H groups in total. The van der Waals surface area contributed by atoms with Crippen molar-refractivity contribution in [1.82, 2.24) is 15.1 Å². The molecular weight excluding hydrogens is 311 g/mol. The number of hydrogen-bond acceptors (Lipinski definition) is 3. The highest BCUT2D eigenvalue weighted by Gasteiger charge is 2.58. The van der Waals surface area contributed by atoms with Gasteiger partial charge in [-0.1, -0.05) is 6.92 Å². The molecule has 0 aromatic heterocycles. The summed E-state index contributed by atoms with van der Waals surface area (Å²) in [5.41, 5.74) is -0.788. The fourth-order valence-corrected chi connectivity index (χ4v) is 3.76. The molecule has 5 nitrogen and oxygen atoms in total. The summed E-state index contributed by atoms with van der Waals surface area (Å²) < 4.78 is 38.1. The van der Waals surface area contributed by atoms with Crippen molar-refractivity contribution in [2.75, 3.05) is 19.6 Å². The Morgan fingerprint density at radius 2 is 1.91 bits per heavy atom. The lowest BCUT2D eigenvalue weighted by Crippen LogP contribution is -2.62. The molecule has 0 aromatic rings. The highest BCUT2D eigenvalue weighted by molar-refractivity contribution is 5.85. The van der Waals surface area contributed by atoms with Gasteiger partial charge >= 0.3 is 12.1 Å². The van der Waals surface area contributed by atoms with Crippen molar-refractivity contribution >= 4 is 11.8 Å². The third-order valence-corrected chi connectivity index (χ3v) is 5.31. The highest BCUT2D eigenvalue weighted by Crippen LogP contribution is 2.45. The lowest BCUT2D eigenvalue weighted by atomic mass is 10.1. The topological polar surface area (TPSA) is 52.7 Å². The second-order valence-electron chi connectivity index (χ2n) is 6.84. The van der Waals surface area contributed by atoms with Crippen LogP contribution in [0.15, 0.2) is 0 Å². The number of alkyl halides is 3. The number of amides is 2. The molecule has 1 spiro atoms. The molecule has 1 aliphatic carbocycles. The standard InChI is InChI=1S/C15H22F3N3O2/c1-2-10-3-4-11(19-10)12(22)20-7-8-21(13(23)15(16,17)18)14(9-20)5-6-14/h10-11,19H,2-9H2,1H3/t10-,11+/m1/s1. The quantitative estimate of drug-likeness (QED) is 0.828. The van der Waals surface area contributed by atoms with Crippen molar-refractivity contribution in [3.05, 3.63) is 0 Å². The van der Waals surface area contributed by atoms with E-state index in [2.05, 4.69) is 12.2 Å². The van der Waals surface area contributed by atoms with E-state index in [1.165, 1.54) is 0 Å². The van der Waals surface area contributed by atoms with Crippen LogP contribution < -0.4 is 5.32 Å². The SMILES string of the molecule is CC[C@@H]1CC[C@@H](C(=O)N2CCN(C(=O)C(F)(F)F)C3(CC3)C2)N1. The van der Waals surface area contributed by atoms with Crippen LogP contribution in [-0.2, 0) is 9.59 Å². The first kappa shape index (κ1) is 16.5. The summed E-state index contributed by atoms with van der Waals surface area (Å²) in [6, 6.07) is 0.104. The first-order chi connectivity index (χ1) is 10.8. The minimum Gasteiger partial charge on any atom is -0.337 e. The van der Waals surface area contributed by atoms with Crippen LogP contribution >= 0.6 is 0 Å². The van der Waals surface area contributed by atoms with E-state index in [0.717, 1.165) is 24.2 Å². The van der Waals surface area contributed by atoms with E-state index >= 15 is 0 Å². The smallest absolute Gasteiger partial charge is 0.337 e. The van der Waals surface area contributed by atoms with Crippen molar-refractivity contribution in [2.45, 2.75) is 62.8 Å². The summed E-state index contributed by atoms with van der Waals surface area (Å²) in [5.74, 6) is -1.81. The van der Waals surface area contributed by atoms with Gasteiger partial charge in [-0.15, -0.1) is 0 Å². The maximum atomic E-state index is 12.7. The Bertz CT molecular complexity index is 505. The second kappa shape index (κ2) is 5.65. The maximum Gasteiger partial charge on any atom is 0.471 e. The normalized spacial score (nSPS) is 29.9. The van der Waals surface area contributed by atoms with Crippen LogP contribution in [-0.4, -0.2) is 65.0 Å². The lowest BCUT2D eigenvalue weighted by molar-refractivity contribution is -0.191. The maximum absolute atomic E-state index is 12.7. The van der Waals surface area contributed by atoms with Crippen molar-refractivity contribution < 1.29 is 22.8 Å². The number of rotatable bonds is 2. The van der Waals surface area contributed by atoms with Gasteiger partial charge in [0.2, 0.25) is 5.91 Å². The van der Waals surface area contributed by atoms with Crippen LogP contribution in [0.25, 0.3) is 0 Å². The third-order valence-electron chi connectivity index (χ3n) is 5.31. The van der Waals surface area contributed by atoms with Crippen molar-refractivity contribution in [3.63, 3.8) is 0 Å². The van der Waals surface area contributed by atoms with Gasteiger partial charge < -0.3 is 15.1 Å². The van der Waals surface area contributed by atoms with Crippen LogP contribution in [0.5, 0.6) is 0 Å². The van der Waals surface area contributed by atoms with Gasteiger partial charge in [0.1, 0.15) is 0 Å². The molecule has 0 unspecified atom stereocenters. The Hall–Kier alpha value is -1.31. The number of nitrogens with zero attached hydrogens (tertiary/aromatic N) is 2. The van der Waals surface area contributed by atoms with Gasteiger partial charge in [-0.2, -0.15) is 13.2 Å². The average molecular weight is 333 g/mol. The molecule has 3 rings (SSSR count). The zero-order valence-electron chi connectivity index (χ0n) is 13.2. The van der Waals surface area contributed by atoms with E-state index in [1.807, 2.05) is 0 Å². The zero-order chi connectivity index (χ0) is 16.8. The Balaban J connectivity index is 1.64. The van der Waals surface area contributed by atoms with Crippen LogP contribution in [0.2, 0.25) is 0 Å². The monoisotopic (exact) mass is 333 g/mol. The first-order valence-electron chi connectivity index (χ1n) is 8.20. The molecule has 2 aliphatic heterocycles. The van der Waals surface area contributed by atoms with Crippen LogP contribution in [0, 0.1) is 0 Å². The first-order valence-corrected chi connectivity index (χ1v) is 8.20. The van der Waals surface area contributed by atoms with Crippen LogP contribution in [0.3, 0.4) is 0 Å². The van der Waals surface area contributed by atoms with E-state index in [1.54, 1.807) is 4.90 Å². The third kappa shape index (κ3) is 3.05. The minimum atomic E-state index is -4.84. The predicted molar refractivity (Wildman–Crippen MR) is 76.5 cm³/mol. The van der Waals surface area contributed by atoms with Gasteiger partial charge in [0.05, 0.1) is 11.6 Å². The van der Waals surface area contributed by atoms with Gasteiger partial charge in [-0.05, 0) is 32.1 Å². The number of carbonyl (C=O) groups is 2. The van der Waals surface area contributed by atoms with Crippen molar-refractivity contribution in [1.29, 1.82) is 0 Å². The Kier molecular flexibility index (Phi) is 4.06. The van der Waals surface area contributed by atoms with E-state index in [0.29, 0.717) is 18.9 Å². The molecule has 3 fully saturated rings. The molecule has 3 aliphatic rings. The minimum absolute atomic E-state index is 0.0337. The van der Waals surface area contributed by atoms with Gasteiger partial charge in [-0.3, -0.25) is 9.59 Å². The largest absolute Gasteiger partial charge is 0.471 e. The molecule has 1 saturated carbocycles. The average Bonchev–Trinajstić information content (AvgIpc) is 3.10. The molecule has 0 radical (unpaired) electrons. The molecular formula is C15H22F3N3O2. The molecule has 0 aromatic carbocycles. The van der Waals surface area contributed by atoms with Crippen LogP contribution in [0.4, 0.5) is 13.2 Å². The molecule has 2 amide bonds. The Morgan fingerprint density at radius 3 is 2.43 bits per heavy atom. The summed E-state index contributed by atoms with van der Waals surface area (Å²) in [4.78, 5) is 26.7. The van der Waals surface area contributed by atoms with Crippen LogP contribution in [0.1, 0.15) is 39.0 Å². The Morgan fingerprint density at radius 1 is 1.22 bits per heavy atom. The van der Waals surface area contributed by atoms with Crippen molar-refractivity contribution in [3.8, 4) is 0 Å². The van der Waals surface area contributed by atoms with E-state index < -0.39 is 17.6 Å². The molecule has 2 heterocycles. The summed E-state index contributed by atoms with van der Waals surface area (Å²) in [5, 5.41) is 3.29. The number of nitrogens with one attached hydrogen (secondary N) is 1. The Labute approximate surface area is 133 Å². The fourth-order valence-electron chi connectivity index (χ4n) is 3.76.